The number of hydrogen-bond donors (Lipinski definition) is 2. The zero-order chi connectivity index (χ0) is 13.1. The Morgan fingerprint density at radius 1 is 1.17 bits per heavy atom. The zero-order valence-electron chi connectivity index (χ0n) is 9.91. The molecular weight excluding hydrogens is 231 g/mol. The van der Waals surface area contributed by atoms with Crippen LogP contribution in [0.2, 0.25) is 0 Å². The van der Waals surface area contributed by atoms with Crippen LogP contribution in [0.1, 0.15) is 15.9 Å². The molecule has 2 aromatic rings. The fourth-order valence-electron chi connectivity index (χ4n) is 1.67. The van der Waals surface area contributed by atoms with Crippen molar-refractivity contribution in [2.75, 3.05) is 5.32 Å². The van der Waals surface area contributed by atoms with Gasteiger partial charge in [-0.25, -0.2) is 4.39 Å². The number of anilines is 2. The van der Waals surface area contributed by atoms with Crippen LogP contribution in [0.4, 0.5) is 15.8 Å². The highest BCUT2D eigenvalue weighted by atomic mass is 19.1. The van der Waals surface area contributed by atoms with Crippen LogP contribution in [0.3, 0.4) is 0 Å². The first-order chi connectivity index (χ1) is 8.58. The van der Waals surface area contributed by atoms with Gasteiger partial charge >= 0.3 is 0 Å². The third kappa shape index (κ3) is 2.48. The summed E-state index contributed by atoms with van der Waals surface area (Å²) in [5, 5.41) is 2.87. The van der Waals surface area contributed by atoms with Gasteiger partial charge in [-0.05, 0) is 36.8 Å². The molecule has 0 radical (unpaired) electrons. The number of para-hydroxylation sites is 1. The minimum Gasteiger partial charge on any atom is -0.366 e. The topological polar surface area (TPSA) is 55.1 Å². The lowest BCUT2D eigenvalue weighted by atomic mass is 10.1. The number of nitrogens with one attached hydrogen (secondary N) is 1. The first-order valence-electron chi connectivity index (χ1n) is 5.50. The maximum atomic E-state index is 13.7. The molecule has 0 bridgehead atoms. The number of carbonyl (C=O) groups is 1. The van der Waals surface area contributed by atoms with Gasteiger partial charge in [0.15, 0.2) is 0 Å². The van der Waals surface area contributed by atoms with Crippen molar-refractivity contribution in [1.82, 2.24) is 0 Å². The van der Waals surface area contributed by atoms with E-state index in [2.05, 4.69) is 5.32 Å². The number of benzene rings is 2. The summed E-state index contributed by atoms with van der Waals surface area (Å²) in [4.78, 5) is 11.2. The van der Waals surface area contributed by atoms with Crippen LogP contribution in [0.15, 0.2) is 42.5 Å². The van der Waals surface area contributed by atoms with Gasteiger partial charge in [0.1, 0.15) is 5.82 Å². The molecular formula is C14H13FN2O. The van der Waals surface area contributed by atoms with Gasteiger partial charge in [0.25, 0.3) is 5.91 Å². The van der Waals surface area contributed by atoms with Crippen molar-refractivity contribution < 1.29 is 9.18 Å². The van der Waals surface area contributed by atoms with Crippen LogP contribution in [0.5, 0.6) is 0 Å². The maximum Gasteiger partial charge on any atom is 0.250 e. The third-order valence-electron chi connectivity index (χ3n) is 2.59. The first-order valence-corrected chi connectivity index (χ1v) is 5.50. The Bertz CT molecular complexity index is 596. The number of rotatable bonds is 3. The Morgan fingerprint density at radius 3 is 2.56 bits per heavy atom. The molecule has 0 atom stereocenters. The molecule has 0 heterocycles. The molecule has 2 aromatic carbocycles. The van der Waals surface area contributed by atoms with Gasteiger partial charge in [-0.15, -0.1) is 0 Å². The SMILES string of the molecule is Cc1ccc(Nc2ccccc2C(N)=O)c(F)c1. The number of primary amides is 1. The van der Waals surface area contributed by atoms with Gasteiger partial charge in [0.05, 0.1) is 16.9 Å². The number of halogens is 1. The molecule has 0 saturated carbocycles. The summed E-state index contributed by atoms with van der Waals surface area (Å²) >= 11 is 0. The van der Waals surface area contributed by atoms with E-state index in [4.69, 9.17) is 5.73 Å². The average molecular weight is 244 g/mol. The lowest BCUT2D eigenvalue weighted by molar-refractivity contribution is 0.100. The van der Waals surface area contributed by atoms with Gasteiger partial charge in [-0.1, -0.05) is 18.2 Å². The molecule has 3 nitrogen and oxygen atoms in total. The Hall–Kier alpha value is -2.36. The second-order valence-corrected chi connectivity index (χ2v) is 4.02. The highest BCUT2D eigenvalue weighted by molar-refractivity contribution is 5.99. The molecule has 0 aliphatic carbocycles. The predicted octanol–water partition coefficient (Wildman–Crippen LogP) is 2.98. The number of carbonyl (C=O) groups excluding carboxylic acids is 1. The number of nitrogens with two attached hydrogens (primary N) is 1. The van der Waals surface area contributed by atoms with E-state index in [-0.39, 0.29) is 5.82 Å². The second-order valence-electron chi connectivity index (χ2n) is 4.02. The van der Waals surface area contributed by atoms with Crippen molar-refractivity contribution in [3.63, 3.8) is 0 Å². The summed E-state index contributed by atoms with van der Waals surface area (Å²) in [6.07, 6.45) is 0. The van der Waals surface area contributed by atoms with E-state index in [0.717, 1.165) is 5.56 Å². The van der Waals surface area contributed by atoms with Crippen LogP contribution < -0.4 is 11.1 Å². The van der Waals surface area contributed by atoms with Crippen molar-refractivity contribution in [3.8, 4) is 0 Å². The lowest BCUT2D eigenvalue weighted by Crippen LogP contribution is -2.13. The van der Waals surface area contributed by atoms with E-state index >= 15 is 0 Å². The largest absolute Gasteiger partial charge is 0.366 e. The molecule has 2 rings (SSSR count). The van der Waals surface area contributed by atoms with Crippen LogP contribution in [-0.2, 0) is 0 Å². The van der Waals surface area contributed by atoms with E-state index in [0.29, 0.717) is 16.9 Å². The molecule has 0 spiro atoms. The molecule has 0 aliphatic rings. The molecule has 4 heteroatoms. The molecule has 0 aromatic heterocycles. The minimum atomic E-state index is -0.550. The summed E-state index contributed by atoms with van der Waals surface area (Å²) in [6.45, 7) is 1.81. The standard InChI is InChI=1S/C14H13FN2O/c1-9-6-7-13(11(15)8-9)17-12-5-3-2-4-10(12)14(16)18/h2-8,17H,1H3,(H2,16,18). The molecule has 0 aliphatic heterocycles. The smallest absolute Gasteiger partial charge is 0.250 e. The Labute approximate surface area is 104 Å². The van der Waals surface area contributed by atoms with Crippen molar-refractivity contribution in [2.24, 2.45) is 5.73 Å². The number of hydrogen-bond acceptors (Lipinski definition) is 2. The van der Waals surface area contributed by atoms with Crippen LogP contribution in [0.25, 0.3) is 0 Å². The van der Waals surface area contributed by atoms with Crippen LogP contribution in [-0.4, -0.2) is 5.91 Å². The van der Waals surface area contributed by atoms with Crippen LogP contribution >= 0.6 is 0 Å². The number of aryl methyl sites for hydroxylation is 1. The Morgan fingerprint density at radius 2 is 1.89 bits per heavy atom. The molecule has 18 heavy (non-hydrogen) atoms. The monoisotopic (exact) mass is 244 g/mol. The highest BCUT2D eigenvalue weighted by Crippen LogP contribution is 2.23. The van der Waals surface area contributed by atoms with Gasteiger partial charge in [0, 0.05) is 0 Å². The summed E-state index contributed by atoms with van der Waals surface area (Å²) in [5.41, 5.74) is 7.23. The third-order valence-corrected chi connectivity index (χ3v) is 2.59. The lowest BCUT2D eigenvalue weighted by Gasteiger charge is -2.11. The van der Waals surface area contributed by atoms with Crippen molar-refractivity contribution >= 4 is 17.3 Å². The summed E-state index contributed by atoms with van der Waals surface area (Å²) < 4.78 is 13.7. The molecule has 0 unspecified atom stereocenters. The van der Waals surface area contributed by atoms with Crippen molar-refractivity contribution in [3.05, 3.63) is 59.4 Å². The minimum absolute atomic E-state index is 0.314. The van der Waals surface area contributed by atoms with Gasteiger partial charge < -0.3 is 11.1 Å². The number of amides is 1. The van der Waals surface area contributed by atoms with E-state index in [1.165, 1.54) is 6.07 Å². The van der Waals surface area contributed by atoms with E-state index in [1.807, 2.05) is 6.92 Å². The first kappa shape index (κ1) is 12.1. The van der Waals surface area contributed by atoms with E-state index in [9.17, 15) is 9.18 Å². The molecule has 1 amide bonds. The summed E-state index contributed by atoms with van der Waals surface area (Å²) in [6, 6.07) is 11.6. The summed E-state index contributed by atoms with van der Waals surface area (Å²) in [5.74, 6) is -0.917. The molecule has 0 saturated heterocycles. The fourth-order valence-corrected chi connectivity index (χ4v) is 1.67. The molecule has 3 N–H and O–H groups in total. The highest BCUT2D eigenvalue weighted by Gasteiger charge is 2.09. The Balaban J connectivity index is 2.37. The molecule has 0 fully saturated rings. The molecule has 92 valence electrons. The Kier molecular flexibility index (Phi) is 3.28. The zero-order valence-corrected chi connectivity index (χ0v) is 9.91. The van der Waals surface area contributed by atoms with Gasteiger partial charge in [0.2, 0.25) is 0 Å². The predicted molar refractivity (Wildman–Crippen MR) is 69.4 cm³/mol. The fraction of sp³-hybridized carbons (Fsp3) is 0.0714. The average Bonchev–Trinajstić information content (AvgIpc) is 2.33. The second kappa shape index (κ2) is 4.87. The maximum absolute atomic E-state index is 13.7. The summed E-state index contributed by atoms with van der Waals surface area (Å²) in [7, 11) is 0. The van der Waals surface area contributed by atoms with Gasteiger partial charge in [-0.2, -0.15) is 0 Å². The van der Waals surface area contributed by atoms with Crippen LogP contribution in [0, 0.1) is 12.7 Å². The van der Waals surface area contributed by atoms with E-state index < -0.39 is 5.91 Å². The van der Waals surface area contributed by atoms with Crippen molar-refractivity contribution in [1.29, 1.82) is 0 Å². The van der Waals surface area contributed by atoms with Gasteiger partial charge in [-0.3, -0.25) is 4.79 Å². The quantitative estimate of drug-likeness (QED) is 0.872. The van der Waals surface area contributed by atoms with Crippen molar-refractivity contribution in [2.45, 2.75) is 6.92 Å². The van der Waals surface area contributed by atoms with E-state index in [1.54, 1.807) is 36.4 Å². The normalized spacial score (nSPS) is 10.1.